The van der Waals surface area contributed by atoms with Crippen LogP contribution in [-0.4, -0.2) is 7.11 Å². The van der Waals surface area contributed by atoms with E-state index in [0.29, 0.717) is 5.92 Å². The summed E-state index contributed by atoms with van der Waals surface area (Å²) in [6.07, 6.45) is 0. The van der Waals surface area contributed by atoms with Crippen molar-refractivity contribution in [2.75, 3.05) is 7.11 Å². The number of nitrogens with two attached hydrogens (primary N) is 1. The topological polar surface area (TPSA) is 35.2 Å². The third kappa shape index (κ3) is 2.23. The number of methoxy groups -OCH3 is 1. The minimum atomic E-state index is 0.0625. The van der Waals surface area contributed by atoms with Crippen molar-refractivity contribution < 1.29 is 4.74 Å². The summed E-state index contributed by atoms with van der Waals surface area (Å²) in [6, 6.07) is 2.15. The molecule has 0 aromatic carbocycles. The zero-order chi connectivity index (χ0) is 10.0. The fraction of sp³-hybridized carbons (Fsp3) is 0.600. The fourth-order valence-electron chi connectivity index (χ4n) is 1.17. The van der Waals surface area contributed by atoms with Gasteiger partial charge in [0.2, 0.25) is 0 Å². The molecule has 13 heavy (non-hydrogen) atoms. The van der Waals surface area contributed by atoms with Crippen molar-refractivity contribution in [2.45, 2.75) is 32.7 Å². The van der Waals surface area contributed by atoms with E-state index in [2.05, 4.69) is 19.9 Å². The number of ether oxygens (including phenoxy) is 1. The van der Waals surface area contributed by atoms with Crippen LogP contribution in [0.2, 0.25) is 0 Å². The highest BCUT2D eigenvalue weighted by atomic mass is 32.1. The van der Waals surface area contributed by atoms with Crippen LogP contribution < -0.4 is 10.5 Å². The second-order valence-electron chi connectivity index (χ2n) is 3.52. The van der Waals surface area contributed by atoms with Crippen LogP contribution in [0.5, 0.6) is 5.75 Å². The summed E-state index contributed by atoms with van der Waals surface area (Å²) in [7, 11) is 1.69. The molecular weight excluding hydrogens is 182 g/mol. The van der Waals surface area contributed by atoms with Gasteiger partial charge in [-0.25, -0.2) is 0 Å². The van der Waals surface area contributed by atoms with Crippen molar-refractivity contribution in [1.82, 2.24) is 0 Å². The molecular formula is C10H17NOS. The molecule has 0 aliphatic rings. The maximum atomic E-state index is 5.83. The number of hydrogen-bond acceptors (Lipinski definition) is 3. The van der Waals surface area contributed by atoms with E-state index in [9.17, 15) is 0 Å². The molecule has 0 fully saturated rings. The Balaban J connectivity index is 3.04. The Kier molecular flexibility index (Phi) is 3.33. The van der Waals surface area contributed by atoms with Gasteiger partial charge < -0.3 is 10.5 Å². The smallest absolute Gasteiger partial charge is 0.134 e. The molecule has 0 bridgehead atoms. The van der Waals surface area contributed by atoms with Crippen molar-refractivity contribution in [2.24, 2.45) is 5.73 Å². The first-order valence-corrected chi connectivity index (χ1v) is 5.31. The maximum absolute atomic E-state index is 5.83. The molecule has 1 atom stereocenters. The molecule has 0 spiro atoms. The summed E-state index contributed by atoms with van der Waals surface area (Å²) in [5.74, 6) is 1.48. The molecule has 2 nitrogen and oxygen atoms in total. The lowest BCUT2D eigenvalue weighted by Gasteiger charge is -2.04. The van der Waals surface area contributed by atoms with Crippen molar-refractivity contribution in [3.8, 4) is 5.75 Å². The van der Waals surface area contributed by atoms with Crippen molar-refractivity contribution in [3.05, 3.63) is 15.8 Å². The lowest BCUT2D eigenvalue weighted by Crippen LogP contribution is -2.03. The summed E-state index contributed by atoms with van der Waals surface area (Å²) >= 11 is 1.75. The highest BCUT2D eigenvalue weighted by Gasteiger charge is 2.14. The van der Waals surface area contributed by atoms with E-state index in [0.717, 1.165) is 10.6 Å². The van der Waals surface area contributed by atoms with E-state index >= 15 is 0 Å². The average Bonchev–Trinajstić information content (AvgIpc) is 2.47. The second kappa shape index (κ2) is 4.11. The third-order valence-electron chi connectivity index (χ3n) is 1.95. The van der Waals surface area contributed by atoms with Gasteiger partial charge in [-0.05, 0) is 18.9 Å². The monoisotopic (exact) mass is 199 g/mol. The lowest BCUT2D eigenvalue weighted by atomic mass is 10.2. The first-order valence-electron chi connectivity index (χ1n) is 4.49. The van der Waals surface area contributed by atoms with E-state index < -0.39 is 0 Å². The molecule has 2 N–H and O–H groups in total. The quantitative estimate of drug-likeness (QED) is 0.812. The summed E-state index contributed by atoms with van der Waals surface area (Å²) in [4.78, 5) is 2.48. The Labute approximate surface area is 83.7 Å². The SMILES string of the molecule is COc1cc(C(C)C)sc1C(C)N. The Hall–Kier alpha value is -0.540. The normalized spacial score (nSPS) is 13.4. The van der Waals surface area contributed by atoms with Crippen LogP contribution in [0.25, 0.3) is 0 Å². The molecule has 1 heterocycles. The molecule has 0 radical (unpaired) electrons. The van der Waals surface area contributed by atoms with Crippen LogP contribution in [0.15, 0.2) is 6.07 Å². The van der Waals surface area contributed by atoms with Crippen LogP contribution in [0, 0.1) is 0 Å². The van der Waals surface area contributed by atoms with E-state index in [-0.39, 0.29) is 6.04 Å². The van der Waals surface area contributed by atoms with Gasteiger partial charge in [0.15, 0.2) is 0 Å². The molecule has 74 valence electrons. The fourth-order valence-corrected chi connectivity index (χ4v) is 2.25. The Morgan fingerprint density at radius 1 is 1.38 bits per heavy atom. The summed E-state index contributed by atoms with van der Waals surface area (Å²) in [5.41, 5.74) is 5.83. The predicted octanol–water partition coefficient (Wildman–Crippen LogP) is 2.90. The highest BCUT2D eigenvalue weighted by Crippen LogP contribution is 2.36. The minimum Gasteiger partial charge on any atom is -0.496 e. The van der Waals surface area contributed by atoms with Gasteiger partial charge in [-0.15, -0.1) is 11.3 Å². The molecule has 0 aliphatic carbocycles. The van der Waals surface area contributed by atoms with Gasteiger partial charge in [0, 0.05) is 10.9 Å². The largest absolute Gasteiger partial charge is 0.496 e. The average molecular weight is 199 g/mol. The maximum Gasteiger partial charge on any atom is 0.134 e. The molecule has 0 aliphatic heterocycles. The first-order chi connectivity index (χ1) is 6.06. The van der Waals surface area contributed by atoms with Gasteiger partial charge in [0.25, 0.3) is 0 Å². The molecule has 3 heteroatoms. The molecule has 0 saturated carbocycles. The summed E-state index contributed by atoms with van der Waals surface area (Å²) < 4.78 is 5.27. The van der Waals surface area contributed by atoms with E-state index in [1.807, 2.05) is 6.92 Å². The lowest BCUT2D eigenvalue weighted by molar-refractivity contribution is 0.409. The zero-order valence-corrected chi connectivity index (χ0v) is 9.44. The highest BCUT2D eigenvalue weighted by molar-refractivity contribution is 7.12. The first kappa shape index (κ1) is 10.5. The van der Waals surface area contributed by atoms with Crippen LogP contribution in [0.4, 0.5) is 0 Å². The van der Waals surface area contributed by atoms with Gasteiger partial charge in [0.1, 0.15) is 5.75 Å². The van der Waals surface area contributed by atoms with Crippen LogP contribution in [-0.2, 0) is 0 Å². The van der Waals surface area contributed by atoms with Crippen LogP contribution in [0.1, 0.15) is 42.5 Å². The Morgan fingerprint density at radius 3 is 2.31 bits per heavy atom. The van der Waals surface area contributed by atoms with Gasteiger partial charge in [-0.1, -0.05) is 13.8 Å². The van der Waals surface area contributed by atoms with E-state index in [1.165, 1.54) is 4.88 Å². The van der Waals surface area contributed by atoms with Crippen LogP contribution >= 0.6 is 11.3 Å². The van der Waals surface area contributed by atoms with Crippen LogP contribution in [0.3, 0.4) is 0 Å². The summed E-state index contributed by atoms with van der Waals surface area (Å²) in [6.45, 7) is 6.34. The molecule has 1 aromatic heterocycles. The number of hydrogen-bond donors (Lipinski definition) is 1. The Morgan fingerprint density at radius 2 is 2.00 bits per heavy atom. The predicted molar refractivity (Wildman–Crippen MR) is 57.6 cm³/mol. The molecule has 0 amide bonds. The van der Waals surface area contributed by atoms with E-state index in [4.69, 9.17) is 10.5 Å². The van der Waals surface area contributed by atoms with Gasteiger partial charge in [-0.3, -0.25) is 0 Å². The molecule has 1 unspecified atom stereocenters. The zero-order valence-electron chi connectivity index (χ0n) is 8.63. The molecule has 0 saturated heterocycles. The number of thiophene rings is 1. The summed E-state index contributed by atoms with van der Waals surface area (Å²) in [5, 5.41) is 0. The standard InChI is InChI=1S/C10H17NOS/c1-6(2)9-5-8(12-4)10(13-9)7(3)11/h5-7H,11H2,1-4H3. The minimum absolute atomic E-state index is 0.0625. The third-order valence-corrected chi connectivity index (χ3v) is 3.56. The van der Waals surface area contributed by atoms with Gasteiger partial charge >= 0.3 is 0 Å². The van der Waals surface area contributed by atoms with E-state index in [1.54, 1.807) is 18.4 Å². The molecule has 1 aromatic rings. The molecule has 1 rings (SSSR count). The van der Waals surface area contributed by atoms with Crippen molar-refractivity contribution in [3.63, 3.8) is 0 Å². The van der Waals surface area contributed by atoms with Gasteiger partial charge in [-0.2, -0.15) is 0 Å². The van der Waals surface area contributed by atoms with Crippen molar-refractivity contribution in [1.29, 1.82) is 0 Å². The second-order valence-corrected chi connectivity index (χ2v) is 4.64. The van der Waals surface area contributed by atoms with Crippen molar-refractivity contribution >= 4 is 11.3 Å². The van der Waals surface area contributed by atoms with Gasteiger partial charge in [0.05, 0.1) is 12.0 Å². The number of rotatable bonds is 3. The Bertz CT molecular complexity index is 278.